The molecule has 28 heavy (non-hydrogen) atoms. The van der Waals surface area contributed by atoms with Gasteiger partial charge in [-0.2, -0.15) is 5.10 Å². The quantitative estimate of drug-likeness (QED) is 0.221. The van der Waals surface area contributed by atoms with Gasteiger partial charge in [0.05, 0.1) is 11.8 Å². The van der Waals surface area contributed by atoms with Gasteiger partial charge in [-0.05, 0) is 73.1 Å². The van der Waals surface area contributed by atoms with E-state index >= 15 is 0 Å². The van der Waals surface area contributed by atoms with E-state index in [0.29, 0.717) is 22.5 Å². The number of carbonyl (C=O) groups excluding carboxylic acids is 1. The van der Waals surface area contributed by atoms with Crippen LogP contribution in [0, 0.1) is 0 Å². The van der Waals surface area contributed by atoms with E-state index in [1.165, 1.54) is 19.3 Å². The molecule has 1 aliphatic rings. The first-order chi connectivity index (χ1) is 13.6. The standard InChI is InChI=1S/C21H22BrN3O2S/c22-17-6-4-5-16(13-17)20(26)27-19-11-9-15(10-12-19)14-23-25-21(28)24-18-7-2-1-3-8-18/h4-6,9-14,18H,1-3,7-8H2,(H2,24,25,28)/b23-14-. The number of nitrogens with zero attached hydrogens (tertiary/aromatic N) is 1. The number of thiocarbonyl (C=S) groups is 1. The Hall–Kier alpha value is -2.25. The molecular formula is C21H22BrN3O2S. The molecule has 2 aromatic carbocycles. The fourth-order valence-electron chi connectivity index (χ4n) is 3.03. The van der Waals surface area contributed by atoms with E-state index in [2.05, 4.69) is 31.8 Å². The average molecular weight is 460 g/mol. The molecule has 1 aliphatic carbocycles. The maximum absolute atomic E-state index is 12.2. The van der Waals surface area contributed by atoms with Gasteiger partial charge in [-0.3, -0.25) is 5.43 Å². The topological polar surface area (TPSA) is 62.7 Å². The highest BCUT2D eigenvalue weighted by atomic mass is 79.9. The number of rotatable bonds is 5. The number of esters is 1. The van der Waals surface area contributed by atoms with E-state index in [4.69, 9.17) is 17.0 Å². The van der Waals surface area contributed by atoms with Crippen LogP contribution in [0.1, 0.15) is 48.0 Å². The number of nitrogens with one attached hydrogen (secondary N) is 2. The van der Waals surface area contributed by atoms with Crippen molar-refractivity contribution in [3.63, 3.8) is 0 Å². The summed E-state index contributed by atoms with van der Waals surface area (Å²) in [5, 5.41) is 8.01. The van der Waals surface area contributed by atoms with Crippen LogP contribution in [0.3, 0.4) is 0 Å². The second-order valence-corrected chi connectivity index (χ2v) is 7.97. The summed E-state index contributed by atoms with van der Waals surface area (Å²) in [5.41, 5.74) is 4.21. The first-order valence-corrected chi connectivity index (χ1v) is 10.5. The fraction of sp³-hybridized carbons (Fsp3) is 0.286. The summed E-state index contributed by atoms with van der Waals surface area (Å²) < 4.78 is 6.22. The molecule has 1 saturated carbocycles. The highest BCUT2D eigenvalue weighted by Crippen LogP contribution is 2.17. The smallest absolute Gasteiger partial charge is 0.343 e. The largest absolute Gasteiger partial charge is 0.423 e. The minimum atomic E-state index is -0.400. The zero-order valence-electron chi connectivity index (χ0n) is 15.4. The normalized spacial score (nSPS) is 14.6. The third-order valence-corrected chi connectivity index (χ3v) is 5.17. The number of benzene rings is 2. The number of halogens is 1. The molecule has 5 nitrogen and oxygen atoms in total. The van der Waals surface area contributed by atoms with Crippen LogP contribution in [0.25, 0.3) is 0 Å². The third kappa shape index (κ3) is 6.42. The SMILES string of the molecule is O=C(Oc1ccc(/C=N\NC(=S)NC2CCCCC2)cc1)c1cccc(Br)c1. The lowest BCUT2D eigenvalue weighted by Gasteiger charge is -2.23. The summed E-state index contributed by atoms with van der Waals surface area (Å²) in [4.78, 5) is 12.2. The minimum Gasteiger partial charge on any atom is -0.423 e. The minimum absolute atomic E-state index is 0.400. The highest BCUT2D eigenvalue weighted by molar-refractivity contribution is 9.10. The van der Waals surface area contributed by atoms with E-state index in [1.54, 1.807) is 36.5 Å². The predicted octanol–water partition coefficient (Wildman–Crippen LogP) is 4.80. The molecular weight excluding hydrogens is 438 g/mol. The van der Waals surface area contributed by atoms with Crippen molar-refractivity contribution >= 4 is 45.4 Å². The fourth-order valence-corrected chi connectivity index (χ4v) is 3.65. The Labute approximate surface area is 178 Å². The summed E-state index contributed by atoms with van der Waals surface area (Å²) in [6.45, 7) is 0. The van der Waals surface area contributed by atoms with Gasteiger partial charge in [0, 0.05) is 10.5 Å². The molecule has 0 heterocycles. The Morgan fingerprint density at radius 2 is 1.89 bits per heavy atom. The number of hydrazone groups is 1. The maximum Gasteiger partial charge on any atom is 0.343 e. The lowest BCUT2D eigenvalue weighted by molar-refractivity contribution is 0.0734. The highest BCUT2D eigenvalue weighted by Gasteiger charge is 2.13. The molecule has 0 amide bonds. The molecule has 0 atom stereocenters. The summed E-state index contributed by atoms with van der Waals surface area (Å²) in [6.07, 6.45) is 7.81. The second kappa shape index (κ2) is 10.3. The molecule has 0 aromatic heterocycles. The first kappa shape index (κ1) is 20.5. The van der Waals surface area contributed by atoms with Crippen molar-refractivity contribution in [1.29, 1.82) is 0 Å². The van der Waals surface area contributed by atoms with Crippen molar-refractivity contribution in [1.82, 2.24) is 10.7 Å². The Bertz CT molecular complexity index is 849. The van der Waals surface area contributed by atoms with Crippen molar-refractivity contribution in [2.24, 2.45) is 5.10 Å². The van der Waals surface area contributed by atoms with E-state index < -0.39 is 5.97 Å². The summed E-state index contributed by atoms with van der Waals surface area (Å²) in [6, 6.07) is 14.6. The number of ether oxygens (including phenoxy) is 1. The Balaban J connectivity index is 1.47. The van der Waals surface area contributed by atoms with Crippen LogP contribution in [0.5, 0.6) is 5.75 Å². The summed E-state index contributed by atoms with van der Waals surface area (Å²) in [5.74, 6) is 0.0769. The van der Waals surface area contributed by atoms with Gasteiger partial charge in [-0.1, -0.05) is 41.3 Å². The van der Waals surface area contributed by atoms with E-state index in [-0.39, 0.29) is 0 Å². The van der Waals surface area contributed by atoms with Crippen LogP contribution < -0.4 is 15.5 Å². The molecule has 146 valence electrons. The molecule has 2 aromatic rings. The molecule has 0 saturated heterocycles. The summed E-state index contributed by atoms with van der Waals surface area (Å²) in [7, 11) is 0. The summed E-state index contributed by atoms with van der Waals surface area (Å²) >= 11 is 8.62. The van der Waals surface area contributed by atoms with Crippen molar-refractivity contribution in [2.45, 2.75) is 38.1 Å². The Morgan fingerprint density at radius 1 is 1.14 bits per heavy atom. The van der Waals surface area contributed by atoms with Crippen LogP contribution in [0.15, 0.2) is 58.1 Å². The first-order valence-electron chi connectivity index (χ1n) is 9.27. The zero-order valence-corrected chi connectivity index (χ0v) is 17.8. The molecule has 1 fully saturated rings. The van der Waals surface area contributed by atoms with Crippen molar-refractivity contribution in [3.05, 3.63) is 64.1 Å². The molecule has 3 rings (SSSR count). The second-order valence-electron chi connectivity index (χ2n) is 6.65. The number of carbonyl (C=O) groups is 1. The van der Waals surface area contributed by atoms with Gasteiger partial charge in [-0.25, -0.2) is 4.79 Å². The van der Waals surface area contributed by atoms with Crippen LogP contribution in [0.2, 0.25) is 0 Å². The molecule has 2 N–H and O–H groups in total. The third-order valence-electron chi connectivity index (χ3n) is 4.47. The van der Waals surface area contributed by atoms with Crippen LogP contribution >= 0.6 is 28.1 Å². The lowest BCUT2D eigenvalue weighted by Crippen LogP contribution is -2.40. The van der Waals surface area contributed by atoms with Gasteiger partial charge in [0.25, 0.3) is 0 Å². The van der Waals surface area contributed by atoms with Gasteiger partial charge in [0.2, 0.25) is 0 Å². The van der Waals surface area contributed by atoms with Gasteiger partial charge in [0.1, 0.15) is 5.75 Å². The molecule has 7 heteroatoms. The average Bonchev–Trinajstić information content (AvgIpc) is 2.70. The van der Waals surface area contributed by atoms with Gasteiger partial charge in [-0.15, -0.1) is 0 Å². The van der Waals surface area contributed by atoms with Gasteiger partial charge >= 0.3 is 5.97 Å². The van der Waals surface area contributed by atoms with Crippen LogP contribution in [-0.2, 0) is 0 Å². The van der Waals surface area contributed by atoms with Crippen LogP contribution in [-0.4, -0.2) is 23.3 Å². The number of hydrogen-bond acceptors (Lipinski definition) is 4. The molecule has 0 aliphatic heterocycles. The Kier molecular flexibility index (Phi) is 7.56. The van der Waals surface area contributed by atoms with E-state index in [0.717, 1.165) is 22.9 Å². The molecule has 0 bridgehead atoms. The number of hydrogen-bond donors (Lipinski definition) is 2. The monoisotopic (exact) mass is 459 g/mol. The van der Waals surface area contributed by atoms with Gasteiger partial charge < -0.3 is 10.1 Å². The molecule has 0 radical (unpaired) electrons. The van der Waals surface area contributed by atoms with Crippen molar-refractivity contribution in [3.8, 4) is 5.75 Å². The van der Waals surface area contributed by atoms with Crippen molar-refractivity contribution in [2.75, 3.05) is 0 Å². The zero-order chi connectivity index (χ0) is 19.8. The van der Waals surface area contributed by atoms with Crippen LogP contribution in [0.4, 0.5) is 0 Å². The molecule has 0 unspecified atom stereocenters. The predicted molar refractivity (Wildman–Crippen MR) is 119 cm³/mol. The Morgan fingerprint density at radius 3 is 2.61 bits per heavy atom. The van der Waals surface area contributed by atoms with Gasteiger partial charge in [0.15, 0.2) is 5.11 Å². The molecule has 0 spiro atoms. The van der Waals surface area contributed by atoms with E-state index in [9.17, 15) is 4.79 Å². The van der Waals surface area contributed by atoms with Crippen molar-refractivity contribution < 1.29 is 9.53 Å². The lowest BCUT2D eigenvalue weighted by atomic mass is 9.96. The van der Waals surface area contributed by atoms with E-state index in [1.807, 2.05) is 18.2 Å². The maximum atomic E-state index is 12.2.